The molecule has 0 aliphatic heterocycles. The first kappa shape index (κ1) is 13.4. The highest BCUT2D eigenvalue weighted by Crippen LogP contribution is 2.25. The zero-order valence-electron chi connectivity index (χ0n) is 11.5. The fraction of sp³-hybridized carbons (Fsp3) is 0.312. The van der Waals surface area contributed by atoms with Crippen LogP contribution in [0.4, 0.5) is 5.69 Å². The van der Waals surface area contributed by atoms with Crippen LogP contribution in [-0.2, 0) is 4.79 Å². The molecule has 2 unspecified atom stereocenters. The van der Waals surface area contributed by atoms with Crippen LogP contribution >= 0.6 is 0 Å². The molecular formula is C16H19NO2. The quantitative estimate of drug-likeness (QED) is 0.895. The van der Waals surface area contributed by atoms with E-state index in [1.165, 1.54) is 6.92 Å². The number of carbonyl (C=O) groups excluding carboxylic acids is 1. The van der Waals surface area contributed by atoms with Crippen molar-refractivity contribution in [1.29, 1.82) is 0 Å². The maximum absolute atomic E-state index is 11.0. The predicted octanol–water partition coefficient (Wildman–Crippen LogP) is 3.75. The molecule has 1 aromatic carbocycles. The summed E-state index contributed by atoms with van der Waals surface area (Å²) in [5.74, 6) is 2.50. The number of nitrogens with one attached hydrogen (secondary N) is 1. The molecule has 0 fully saturated rings. The van der Waals surface area contributed by atoms with Crippen LogP contribution in [0.5, 0.6) is 5.75 Å². The van der Waals surface area contributed by atoms with Crippen LogP contribution in [0, 0.1) is 11.8 Å². The molecule has 0 saturated heterocycles. The molecule has 0 spiro atoms. The molecule has 1 aliphatic carbocycles. The lowest BCUT2D eigenvalue weighted by Gasteiger charge is -2.19. The van der Waals surface area contributed by atoms with Crippen LogP contribution in [0.25, 0.3) is 0 Å². The summed E-state index contributed by atoms with van der Waals surface area (Å²) in [6.45, 7) is 5.85. The lowest BCUT2D eigenvalue weighted by molar-refractivity contribution is -0.114. The van der Waals surface area contributed by atoms with Crippen molar-refractivity contribution < 1.29 is 9.53 Å². The molecule has 0 bridgehead atoms. The Labute approximate surface area is 114 Å². The summed E-state index contributed by atoms with van der Waals surface area (Å²) < 4.78 is 5.82. The highest BCUT2D eigenvalue weighted by Gasteiger charge is 2.13. The van der Waals surface area contributed by atoms with Gasteiger partial charge in [-0.2, -0.15) is 0 Å². The van der Waals surface area contributed by atoms with Gasteiger partial charge < -0.3 is 10.1 Å². The van der Waals surface area contributed by atoms with Crippen molar-refractivity contribution in [3.63, 3.8) is 0 Å². The molecule has 0 radical (unpaired) electrons. The average molecular weight is 257 g/mol. The summed E-state index contributed by atoms with van der Waals surface area (Å²) in [7, 11) is 0. The summed E-state index contributed by atoms with van der Waals surface area (Å²) in [5.41, 5.74) is 0.742. The van der Waals surface area contributed by atoms with E-state index in [2.05, 4.69) is 31.3 Å². The highest BCUT2D eigenvalue weighted by molar-refractivity contribution is 5.88. The van der Waals surface area contributed by atoms with Crippen molar-refractivity contribution in [2.24, 2.45) is 11.8 Å². The van der Waals surface area contributed by atoms with E-state index in [0.29, 0.717) is 11.8 Å². The number of hydrogen-bond donors (Lipinski definition) is 1. The number of hydrogen-bond acceptors (Lipinski definition) is 2. The van der Waals surface area contributed by atoms with E-state index in [0.717, 1.165) is 17.2 Å². The van der Waals surface area contributed by atoms with E-state index in [9.17, 15) is 4.79 Å². The van der Waals surface area contributed by atoms with Crippen LogP contribution in [-0.4, -0.2) is 5.91 Å². The van der Waals surface area contributed by atoms with Crippen molar-refractivity contribution >= 4 is 11.6 Å². The molecule has 3 heteroatoms. The number of rotatable bonds is 3. The maximum Gasteiger partial charge on any atom is 0.221 e. The van der Waals surface area contributed by atoms with Gasteiger partial charge in [0.25, 0.3) is 0 Å². The van der Waals surface area contributed by atoms with E-state index in [4.69, 9.17) is 4.74 Å². The molecule has 1 amide bonds. The minimum Gasteiger partial charge on any atom is -0.458 e. The molecule has 2 rings (SSSR count). The second kappa shape index (κ2) is 5.74. The number of amides is 1. The maximum atomic E-state index is 11.0. The van der Waals surface area contributed by atoms with Crippen molar-refractivity contribution in [1.82, 2.24) is 0 Å². The van der Waals surface area contributed by atoms with Gasteiger partial charge in [0.2, 0.25) is 5.91 Å². The standard InChI is InChI=1S/C16H19NO2/c1-11-7-8-16(9-12(11)2)19-15-6-4-5-14(10-15)17-13(3)18/h4-12H,1-3H3,(H,17,18). The third-order valence-electron chi connectivity index (χ3n) is 3.21. The summed E-state index contributed by atoms with van der Waals surface area (Å²) in [4.78, 5) is 11.0. The second-order valence-corrected chi connectivity index (χ2v) is 4.96. The third-order valence-corrected chi connectivity index (χ3v) is 3.21. The Kier molecular flexibility index (Phi) is 4.05. The minimum absolute atomic E-state index is 0.0867. The smallest absolute Gasteiger partial charge is 0.221 e. The van der Waals surface area contributed by atoms with E-state index in [1.807, 2.05) is 30.3 Å². The molecule has 1 N–H and O–H groups in total. The van der Waals surface area contributed by atoms with Gasteiger partial charge in [-0.1, -0.05) is 26.0 Å². The van der Waals surface area contributed by atoms with Crippen molar-refractivity contribution in [2.75, 3.05) is 5.32 Å². The monoisotopic (exact) mass is 257 g/mol. The van der Waals surface area contributed by atoms with E-state index < -0.39 is 0 Å². The van der Waals surface area contributed by atoms with Crippen LogP contribution in [0.2, 0.25) is 0 Å². The molecule has 0 saturated carbocycles. The predicted molar refractivity (Wildman–Crippen MR) is 76.9 cm³/mol. The zero-order valence-corrected chi connectivity index (χ0v) is 11.5. The minimum atomic E-state index is -0.0867. The summed E-state index contributed by atoms with van der Waals surface area (Å²) in [5, 5.41) is 2.74. The molecular weight excluding hydrogens is 238 g/mol. The van der Waals surface area contributed by atoms with Gasteiger partial charge in [-0.05, 0) is 36.1 Å². The topological polar surface area (TPSA) is 38.3 Å². The van der Waals surface area contributed by atoms with Gasteiger partial charge in [-0.25, -0.2) is 0 Å². The Morgan fingerprint density at radius 1 is 1.26 bits per heavy atom. The Morgan fingerprint density at radius 2 is 2.05 bits per heavy atom. The number of ether oxygens (including phenoxy) is 1. The Bertz CT molecular complexity index is 531. The van der Waals surface area contributed by atoms with Crippen molar-refractivity contribution in [3.8, 4) is 5.75 Å². The third kappa shape index (κ3) is 3.71. The fourth-order valence-corrected chi connectivity index (χ4v) is 1.93. The first-order valence-electron chi connectivity index (χ1n) is 6.50. The number of anilines is 1. The first-order chi connectivity index (χ1) is 9.04. The largest absolute Gasteiger partial charge is 0.458 e. The van der Waals surface area contributed by atoms with E-state index in [-0.39, 0.29) is 5.91 Å². The lowest BCUT2D eigenvalue weighted by atomic mass is 9.91. The molecule has 3 nitrogen and oxygen atoms in total. The number of benzene rings is 1. The van der Waals surface area contributed by atoms with Crippen LogP contribution in [0.15, 0.2) is 48.3 Å². The Morgan fingerprint density at radius 3 is 2.74 bits per heavy atom. The molecule has 1 aromatic rings. The second-order valence-electron chi connectivity index (χ2n) is 4.96. The Hall–Kier alpha value is -2.03. The molecule has 1 aliphatic rings. The van der Waals surface area contributed by atoms with Gasteiger partial charge in [0.1, 0.15) is 11.5 Å². The van der Waals surface area contributed by atoms with Gasteiger partial charge in [-0.3, -0.25) is 4.79 Å². The van der Waals surface area contributed by atoms with Gasteiger partial charge in [0, 0.05) is 18.7 Å². The molecule has 0 heterocycles. The molecule has 2 atom stereocenters. The van der Waals surface area contributed by atoms with E-state index >= 15 is 0 Å². The van der Waals surface area contributed by atoms with Crippen LogP contribution in [0.1, 0.15) is 20.8 Å². The van der Waals surface area contributed by atoms with Gasteiger partial charge in [-0.15, -0.1) is 0 Å². The molecule has 100 valence electrons. The summed E-state index contributed by atoms with van der Waals surface area (Å²) in [6.07, 6.45) is 6.27. The molecule has 0 aromatic heterocycles. The highest BCUT2D eigenvalue weighted by atomic mass is 16.5. The summed E-state index contributed by atoms with van der Waals surface area (Å²) >= 11 is 0. The normalized spacial score (nSPS) is 21.7. The van der Waals surface area contributed by atoms with Crippen molar-refractivity contribution in [3.05, 3.63) is 48.3 Å². The number of carbonyl (C=O) groups is 1. The van der Waals surface area contributed by atoms with Gasteiger partial charge >= 0.3 is 0 Å². The SMILES string of the molecule is CC(=O)Nc1cccc(OC2=CC(C)C(C)C=C2)c1. The van der Waals surface area contributed by atoms with Crippen LogP contribution < -0.4 is 10.1 Å². The van der Waals surface area contributed by atoms with Crippen molar-refractivity contribution in [2.45, 2.75) is 20.8 Å². The molecule has 19 heavy (non-hydrogen) atoms. The first-order valence-corrected chi connectivity index (χ1v) is 6.50. The lowest BCUT2D eigenvalue weighted by Crippen LogP contribution is -2.09. The van der Waals surface area contributed by atoms with Crippen LogP contribution in [0.3, 0.4) is 0 Å². The van der Waals surface area contributed by atoms with Gasteiger partial charge in [0.05, 0.1) is 0 Å². The fourth-order valence-electron chi connectivity index (χ4n) is 1.93. The average Bonchev–Trinajstić information content (AvgIpc) is 2.33. The van der Waals surface area contributed by atoms with E-state index in [1.54, 1.807) is 0 Å². The van der Waals surface area contributed by atoms with Gasteiger partial charge in [0.15, 0.2) is 0 Å². The number of allylic oxidation sites excluding steroid dienone is 3. The zero-order chi connectivity index (χ0) is 13.8. The Balaban J connectivity index is 2.09. The summed E-state index contributed by atoms with van der Waals surface area (Å²) in [6, 6.07) is 7.39.